The Kier molecular flexibility index (Phi) is 24.4. The highest BCUT2D eigenvalue weighted by molar-refractivity contribution is 7.91. The maximum atomic E-state index is 14.7. The lowest BCUT2D eigenvalue weighted by molar-refractivity contribution is -0.151. The van der Waals surface area contributed by atoms with Crippen molar-refractivity contribution < 1.29 is 83.7 Å². The minimum atomic E-state index is -3.89. The van der Waals surface area contributed by atoms with Gasteiger partial charge >= 0.3 is 11.9 Å². The van der Waals surface area contributed by atoms with Gasteiger partial charge in [-0.05, 0) is 141 Å². The number of fused-ring (bicyclic) bond motifs is 6. The van der Waals surface area contributed by atoms with Gasteiger partial charge in [0.25, 0.3) is 0 Å². The van der Waals surface area contributed by atoms with E-state index in [0.29, 0.717) is 63.1 Å². The smallest absolute Gasteiger partial charge is 0.306 e. The number of hydrogen-bond acceptors (Lipinski definition) is 20. The van der Waals surface area contributed by atoms with Crippen molar-refractivity contribution in [2.75, 3.05) is 52.5 Å². The zero-order chi connectivity index (χ0) is 76.5. The van der Waals surface area contributed by atoms with E-state index in [4.69, 9.17) is 18.9 Å². The molecule has 0 unspecified atom stereocenters. The molecule has 10 atom stereocenters. The molecule has 26 nitrogen and oxygen atoms in total. The Balaban J connectivity index is 0.000000213. The molecule has 28 heteroatoms. The maximum Gasteiger partial charge on any atom is 0.306 e. The number of allylic oxidation sites excluding steroid dienone is 4. The molecule has 2 aromatic carbocycles. The number of nitrogens with zero attached hydrogens (tertiary/aromatic N) is 6. The fourth-order valence-electron chi connectivity index (χ4n) is 14.7. The molecule has 4 aliphatic heterocycles. The van der Waals surface area contributed by atoms with Crippen LogP contribution in [0.25, 0.3) is 33.7 Å². The number of carbonyl (C=O) groups is 10. The number of ether oxygens (including phenoxy) is 4. The van der Waals surface area contributed by atoms with Gasteiger partial charge < -0.3 is 38.5 Å². The van der Waals surface area contributed by atoms with Gasteiger partial charge in [-0.25, -0.2) is 26.8 Å². The zero-order valence-corrected chi connectivity index (χ0v) is 61.7. The largest absolute Gasteiger partial charge is 0.472 e. The molecule has 0 radical (unpaired) electrons. The summed E-state index contributed by atoms with van der Waals surface area (Å²) in [6, 6.07) is 13.3. The molecule has 12 rings (SSSR count). The number of Topliss-reactive ketones (excluding diaryl/α,β-unsaturated/α-hetero) is 2. The van der Waals surface area contributed by atoms with Crippen LogP contribution in [-0.4, -0.2) is 193 Å². The molecule has 6 fully saturated rings. The highest BCUT2D eigenvalue weighted by Gasteiger charge is 2.63. The van der Waals surface area contributed by atoms with Crippen molar-refractivity contribution >= 4 is 113 Å². The number of ketones is 2. The van der Waals surface area contributed by atoms with Crippen molar-refractivity contribution in [2.45, 2.75) is 144 Å². The Morgan fingerprint density at radius 3 is 1.40 bits per heavy atom. The van der Waals surface area contributed by atoms with E-state index in [1.54, 1.807) is 31.5 Å². The second-order valence-corrected chi connectivity index (χ2v) is 32.8. The van der Waals surface area contributed by atoms with Crippen molar-refractivity contribution in [3.63, 3.8) is 0 Å². The van der Waals surface area contributed by atoms with E-state index in [1.807, 2.05) is 72.8 Å². The van der Waals surface area contributed by atoms with Gasteiger partial charge in [0, 0.05) is 75.0 Å². The SMILES string of the molecule is C=CC(=O)N(CC)C[C@@H]1CC(=O)OCCC/C=C/c2ccc3ccnc(c3c2)O[C@@H]2C[C@@H](C(=O)C[C@]3(C(=O)NS(=O)(=O)C4CC4)C[C@H]3C=C)N(C2)C1=O.C=CCN(C[C@@H]1CC(=O)OCCC/C=C/c2ccc3ccnc(c3c2)O[C@@H]2C[C@@H](C(=O)C[C@]3(C(=O)NS(=O)(=O)C4CC4)C[C@H]3C=C)N(C2)C1=O)C(=O)C=C. The fourth-order valence-corrected chi connectivity index (χ4v) is 17.5. The maximum absolute atomic E-state index is 14.7. The average molecular weight is 1510 g/mol. The Labute approximate surface area is 622 Å². The number of rotatable bonds is 23. The van der Waals surface area contributed by atoms with E-state index in [-0.39, 0.29) is 104 Å². The van der Waals surface area contributed by atoms with Crippen LogP contribution >= 0.6 is 0 Å². The summed E-state index contributed by atoms with van der Waals surface area (Å²) in [4.78, 5) is 152. The van der Waals surface area contributed by atoms with Gasteiger partial charge in [0.05, 0.1) is 84.4 Å². The minimum absolute atomic E-state index is 0.0399. The number of hydrogen-bond donors (Lipinski definition) is 2. The van der Waals surface area contributed by atoms with Gasteiger partial charge in [-0.15, -0.1) is 19.7 Å². The van der Waals surface area contributed by atoms with Crippen LogP contribution in [0.1, 0.15) is 121 Å². The van der Waals surface area contributed by atoms with Crippen LogP contribution in [0.5, 0.6) is 11.8 Å². The number of nitrogens with one attached hydrogen (secondary N) is 2. The van der Waals surface area contributed by atoms with E-state index >= 15 is 0 Å². The number of likely N-dealkylation sites (N-methyl/N-ethyl adjacent to an activating group) is 1. The molecule has 2 saturated heterocycles. The summed E-state index contributed by atoms with van der Waals surface area (Å²) >= 11 is 0. The Morgan fingerprint density at radius 1 is 0.598 bits per heavy atom. The third kappa shape index (κ3) is 18.4. The molecule has 4 saturated carbocycles. The second kappa shape index (κ2) is 33.5. The summed E-state index contributed by atoms with van der Waals surface area (Å²) < 4.78 is 79.3. The van der Waals surface area contributed by atoms with Crippen molar-refractivity contribution in [1.29, 1.82) is 0 Å². The fraction of sp³-hybridized carbons (Fsp3) is 0.468. The van der Waals surface area contributed by atoms with Gasteiger partial charge in [0.15, 0.2) is 11.6 Å². The van der Waals surface area contributed by atoms with Crippen LogP contribution in [0.2, 0.25) is 0 Å². The number of carbonyl (C=O) groups excluding carboxylic acids is 10. The van der Waals surface area contributed by atoms with Crippen molar-refractivity contribution in [3.05, 3.63) is 147 Å². The molecule has 568 valence electrons. The first kappa shape index (κ1) is 78.1. The zero-order valence-electron chi connectivity index (χ0n) is 60.1. The van der Waals surface area contributed by atoms with Crippen LogP contribution < -0.4 is 18.9 Å². The number of cyclic esters (lactones) is 2. The summed E-state index contributed by atoms with van der Waals surface area (Å²) in [5.41, 5.74) is -0.859. The van der Waals surface area contributed by atoms with Crippen LogP contribution in [0.15, 0.2) is 136 Å². The lowest BCUT2D eigenvalue weighted by atomic mass is 9.91. The Morgan fingerprint density at radius 2 is 1.02 bits per heavy atom. The van der Waals surface area contributed by atoms with Gasteiger partial charge in [0.2, 0.25) is 67.2 Å². The van der Waals surface area contributed by atoms with Crippen LogP contribution in [-0.2, 0) is 77.5 Å². The van der Waals surface area contributed by atoms with Gasteiger partial charge in [-0.3, -0.25) is 57.4 Å². The van der Waals surface area contributed by atoms with Crippen LogP contribution in [0.4, 0.5) is 0 Å². The summed E-state index contributed by atoms with van der Waals surface area (Å²) in [6.45, 7) is 20.3. The number of aromatic nitrogens is 2. The van der Waals surface area contributed by atoms with E-state index in [1.165, 1.54) is 25.7 Å². The average Bonchev–Trinajstić information content (AvgIpc) is 1.58. The van der Waals surface area contributed by atoms with Crippen LogP contribution in [0.3, 0.4) is 0 Å². The molecule has 6 heterocycles. The summed E-state index contributed by atoms with van der Waals surface area (Å²) in [5, 5.41) is 1.98. The Hall–Kier alpha value is -9.96. The monoisotopic (exact) mass is 1500 g/mol. The summed E-state index contributed by atoms with van der Waals surface area (Å²) in [5.74, 6) is -8.13. The van der Waals surface area contributed by atoms with E-state index in [0.717, 1.165) is 44.8 Å². The molecule has 0 spiro atoms. The minimum Gasteiger partial charge on any atom is -0.472 e. The number of sulfonamides is 2. The molecular weight excluding hydrogens is 1410 g/mol. The first-order chi connectivity index (χ1) is 51.3. The number of amides is 6. The lowest BCUT2D eigenvalue weighted by Crippen LogP contribution is -2.49. The normalized spacial score (nSPS) is 26.6. The molecule has 107 heavy (non-hydrogen) atoms. The number of esters is 2. The number of pyridine rings is 2. The first-order valence-corrected chi connectivity index (χ1v) is 39.6. The molecular formula is C79H92N8O18S2. The van der Waals surface area contributed by atoms with Gasteiger partial charge in [0.1, 0.15) is 12.2 Å². The predicted molar refractivity (Wildman–Crippen MR) is 398 cm³/mol. The van der Waals surface area contributed by atoms with E-state index < -0.39 is 148 Å². The summed E-state index contributed by atoms with van der Waals surface area (Å²) in [6.07, 6.45) is 19.9. The third-order valence-corrected chi connectivity index (χ3v) is 24.9. The molecule has 8 aliphatic rings. The van der Waals surface area contributed by atoms with Gasteiger partial charge in [-0.2, -0.15) is 0 Å². The first-order valence-electron chi connectivity index (χ1n) is 36.5. The lowest BCUT2D eigenvalue weighted by Gasteiger charge is -2.31. The molecule has 6 amide bonds. The van der Waals surface area contributed by atoms with Crippen molar-refractivity contribution in [2.24, 2.45) is 34.5 Å². The second-order valence-electron chi connectivity index (χ2n) is 28.8. The predicted octanol–water partition coefficient (Wildman–Crippen LogP) is 7.63. The topological polar surface area (TPSA) is 339 Å². The molecule has 2 N–H and O–H groups in total. The van der Waals surface area contributed by atoms with E-state index in [2.05, 4.69) is 52.3 Å². The molecule has 4 aromatic rings. The number of benzene rings is 2. The molecule has 2 aromatic heterocycles. The highest BCUT2D eigenvalue weighted by atomic mass is 32.2. The summed E-state index contributed by atoms with van der Waals surface area (Å²) in [7, 11) is -7.77. The molecule has 8 bridgehead atoms. The van der Waals surface area contributed by atoms with Crippen LogP contribution in [0, 0.1) is 34.5 Å². The highest BCUT2D eigenvalue weighted by Crippen LogP contribution is 2.58. The molecule has 4 aliphatic carbocycles. The van der Waals surface area contributed by atoms with E-state index in [9.17, 15) is 64.8 Å². The Bertz CT molecular complexity index is 4530. The quantitative estimate of drug-likeness (QED) is 0.0409. The third-order valence-electron chi connectivity index (χ3n) is 21.3. The van der Waals surface area contributed by atoms with Crippen molar-refractivity contribution in [3.8, 4) is 11.8 Å². The van der Waals surface area contributed by atoms with Gasteiger partial charge in [-0.1, -0.05) is 80.0 Å². The van der Waals surface area contributed by atoms with Crippen molar-refractivity contribution in [1.82, 2.24) is 39.0 Å². The standard InChI is InChI=1S/C40H46N4O9S.C39H46N4O9S/c1-4-17-43(35(46)6-3)24-28-20-36(47)52-18-9-7-8-10-26-11-12-27-15-16-41-37(32(27)19-26)53-30-21-33(44(25-30)38(28)48)34(45)23-40(22-29(40)5-2)39(49)42-54(50,51)31-13-14-31;1-4-28-21-39(28,38(48)41-53(49,50)30-13-14-30)22-33(44)32-20-29-24-43(32)37(47)27(23-42(6-3)34(45)5-2)19-35(46)51-17-9-7-8-10-25-11-12-26-15-16-40-36(52-29)31(26)18-25/h4-6,8,10-12,15-16,19,28-31,33H,1-3,7,9,13-14,17-18,20-25H2,(H,42,49);4-5,8,10-12,15-16,18,27-30,32H,1-2,6-7,9,13-14,17,19-24H2,3H3,(H,41,48)/b2*10-8+/t28-,29+,30+,33-,40+;27-,28+,29+,32-,39+/m00/s1.